The van der Waals surface area contributed by atoms with Gasteiger partial charge in [-0.05, 0) is 47.9 Å². The lowest BCUT2D eigenvalue weighted by atomic mass is 10.1. The van der Waals surface area contributed by atoms with E-state index in [0.717, 1.165) is 11.3 Å². The number of para-hydroxylation sites is 1. The summed E-state index contributed by atoms with van der Waals surface area (Å²) < 4.78 is 17.6. The van der Waals surface area contributed by atoms with Crippen LogP contribution in [0.1, 0.15) is 15.2 Å². The summed E-state index contributed by atoms with van der Waals surface area (Å²) >= 11 is 1.31. The van der Waals surface area contributed by atoms with Gasteiger partial charge >= 0.3 is 5.97 Å². The predicted molar refractivity (Wildman–Crippen MR) is 131 cm³/mol. The van der Waals surface area contributed by atoms with Crippen molar-refractivity contribution in [2.45, 2.75) is 0 Å². The molecule has 0 saturated heterocycles. The Bertz CT molecular complexity index is 1310. The maximum atomic E-state index is 12.3. The molecule has 8 heteroatoms. The summed E-state index contributed by atoms with van der Waals surface area (Å²) in [6.07, 6.45) is 4.73. The summed E-state index contributed by atoms with van der Waals surface area (Å²) in [6, 6.07) is 18.6. The van der Waals surface area contributed by atoms with E-state index in [1.807, 2.05) is 48.7 Å². The molecule has 0 radical (unpaired) electrons. The van der Waals surface area contributed by atoms with E-state index in [4.69, 9.17) is 19.3 Å². The second-order valence-electron chi connectivity index (χ2n) is 7.12. The molecule has 0 spiro atoms. The second kappa shape index (κ2) is 10.6. The van der Waals surface area contributed by atoms with E-state index in [9.17, 15) is 9.59 Å². The third-order valence-corrected chi connectivity index (χ3v) is 5.87. The number of ketones is 1. The quantitative estimate of drug-likeness (QED) is 0.192. The van der Waals surface area contributed by atoms with Crippen LogP contribution < -0.4 is 9.47 Å². The van der Waals surface area contributed by atoms with Crippen molar-refractivity contribution in [1.29, 1.82) is 0 Å². The Morgan fingerprint density at radius 2 is 1.79 bits per heavy atom. The number of aromatic nitrogens is 2. The lowest BCUT2D eigenvalue weighted by Crippen LogP contribution is -2.11. The van der Waals surface area contributed by atoms with Crippen LogP contribution in [0.5, 0.6) is 11.5 Å². The minimum absolute atomic E-state index is 0.236. The molecule has 4 aromatic rings. The van der Waals surface area contributed by atoms with Crippen LogP contribution in [0.2, 0.25) is 0 Å². The maximum absolute atomic E-state index is 12.3. The molecule has 0 atom stereocenters. The van der Waals surface area contributed by atoms with Crippen LogP contribution in [0.3, 0.4) is 0 Å². The summed E-state index contributed by atoms with van der Waals surface area (Å²) in [6.45, 7) is -0.310. The van der Waals surface area contributed by atoms with Crippen LogP contribution in [-0.2, 0) is 9.53 Å². The number of hydrogen-bond acceptors (Lipinski definition) is 7. The van der Waals surface area contributed by atoms with E-state index in [1.54, 1.807) is 48.6 Å². The first-order chi connectivity index (χ1) is 16.6. The molecule has 2 aromatic carbocycles. The van der Waals surface area contributed by atoms with E-state index < -0.39 is 5.97 Å². The number of nitrogens with zero attached hydrogens (tertiary/aromatic N) is 2. The molecule has 0 aliphatic heterocycles. The summed E-state index contributed by atoms with van der Waals surface area (Å²) in [5, 5.41) is 6.53. The largest absolute Gasteiger partial charge is 0.493 e. The zero-order valence-corrected chi connectivity index (χ0v) is 19.5. The van der Waals surface area contributed by atoms with Gasteiger partial charge in [0, 0.05) is 23.4 Å². The van der Waals surface area contributed by atoms with Crippen LogP contribution in [0.25, 0.3) is 23.0 Å². The molecular weight excluding hydrogens is 452 g/mol. The molecule has 0 bridgehead atoms. The normalized spacial score (nSPS) is 10.9. The lowest BCUT2D eigenvalue weighted by molar-refractivity contribution is -0.136. The summed E-state index contributed by atoms with van der Waals surface area (Å²) in [4.78, 5) is 24.9. The number of esters is 1. The Morgan fingerprint density at radius 1 is 1.00 bits per heavy atom. The highest BCUT2D eigenvalue weighted by Crippen LogP contribution is 2.33. The SMILES string of the molecule is COc1ccc(-c2nn(-c3ccccc3)cc2/C=C/C(=O)OCC(=O)c2cccs2)cc1OC. The van der Waals surface area contributed by atoms with Crippen molar-refractivity contribution in [1.82, 2.24) is 9.78 Å². The monoisotopic (exact) mass is 474 g/mol. The number of rotatable bonds is 9. The summed E-state index contributed by atoms with van der Waals surface area (Å²) in [5.74, 6) is 0.316. The Morgan fingerprint density at radius 3 is 2.50 bits per heavy atom. The zero-order chi connectivity index (χ0) is 23.9. The van der Waals surface area contributed by atoms with E-state index in [-0.39, 0.29) is 12.4 Å². The fraction of sp³-hybridized carbons (Fsp3) is 0.115. The number of thiophene rings is 1. The van der Waals surface area contributed by atoms with Gasteiger partial charge in [0.2, 0.25) is 5.78 Å². The fourth-order valence-corrected chi connectivity index (χ4v) is 3.93. The molecule has 0 amide bonds. The minimum atomic E-state index is -0.615. The van der Waals surface area contributed by atoms with Crippen LogP contribution in [-0.4, -0.2) is 42.4 Å². The molecule has 2 aromatic heterocycles. The molecule has 0 aliphatic rings. The molecule has 0 unspecified atom stereocenters. The van der Waals surface area contributed by atoms with Crippen LogP contribution in [0.4, 0.5) is 0 Å². The molecule has 4 rings (SSSR count). The molecule has 0 fully saturated rings. The molecule has 0 aliphatic carbocycles. The van der Waals surface area contributed by atoms with Gasteiger partial charge in [-0.1, -0.05) is 24.3 Å². The third-order valence-electron chi connectivity index (χ3n) is 4.96. The number of hydrogen-bond donors (Lipinski definition) is 0. The number of benzene rings is 2. The predicted octanol–water partition coefficient (Wildman–Crippen LogP) is 5.06. The summed E-state index contributed by atoms with van der Waals surface area (Å²) in [7, 11) is 3.14. The van der Waals surface area contributed by atoms with E-state index in [0.29, 0.717) is 27.6 Å². The number of methoxy groups -OCH3 is 2. The first-order valence-electron chi connectivity index (χ1n) is 10.4. The summed E-state index contributed by atoms with van der Waals surface area (Å²) in [5.41, 5.74) is 2.99. The highest BCUT2D eigenvalue weighted by molar-refractivity contribution is 7.12. The van der Waals surface area contributed by atoms with Crippen LogP contribution >= 0.6 is 11.3 Å². The first kappa shape index (κ1) is 23.0. The average molecular weight is 475 g/mol. The van der Waals surface area contributed by atoms with Crippen molar-refractivity contribution in [2.24, 2.45) is 0 Å². The van der Waals surface area contributed by atoms with Gasteiger partial charge in [0.05, 0.1) is 24.8 Å². The average Bonchev–Trinajstić information content (AvgIpc) is 3.57. The van der Waals surface area contributed by atoms with Gasteiger partial charge in [0.25, 0.3) is 0 Å². The van der Waals surface area contributed by atoms with Gasteiger partial charge in [-0.25, -0.2) is 9.48 Å². The highest BCUT2D eigenvalue weighted by Gasteiger charge is 2.15. The Labute approximate surface area is 200 Å². The van der Waals surface area contributed by atoms with Crippen LogP contribution in [0, 0.1) is 0 Å². The van der Waals surface area contributed by atoms with Crippen molar-refractivity contribution in [3.05, 3.63) is 88.8 Å². The highest BCUT2D eigenvalue weighted by atomic mass is 32.1. The smallest absolute Gasteiger partial charge is 0.331 e. The number of Topliss-reactive ketones (excluding diaryl/α,β-unsaturated/α-hetero) is 1. The molecule has 2 heterocycles. The van der Waals surface area contributed by atoms with Gasteiger partial charge < -0.3 is 14.2 Å². The standard InChI is InChI=1S/C26H22N2O5S/c1-31-22-12-10-18(15-23(22)32-2)26-19(16-28(27-26)20-7-4-3-5-8-20)11-13-25(30)33-17-21(29)24-9-6-14-34-24/h3-16H,17H2,1-2H3/b13-11+. The van der Waals surface area contributed by atoms with Crippen molar-refractivity contribution in [3.8, 4) is 28.4 Å². The van der Waals surface area contributed by atoms with Gasteiger partial charge in [-0.2, -0.15) is 5.10 Å². The lowest BCUT2D eigenvalue weighted by Gasteiger charge is -2.09. The molecule has 0 N–H and O–H groups in total. The molecule has 7 nitrogen and oxygen atoms in total. The number of ether oxygens (including phenoxy) is 3. The minimum Gasteiger partial charge on any atom is -0.493 e. The Kier molecular flexibility index (Phi) is 7.19. The second-order valence-corrected chi connectivity index (χ2v) is 8.07. The van der Waals surface area contributed by atoms with E-state index in [2.05, 4.69) is 0 Å². The molecule has 0 saturated carbocycles. The topological polar surface area (TPSA) is 79.7 Å². The molecule has 172 valence electrons. The van der Waals surface area contributed by atoms with Crippen molar-refractivity contribution in [2.75, 3.05) is 20.8 Å². The van der Waals surface area contributed by atoms with Gasteiger partial charge in [0.1, 0.15) is 5.69 Å². The van der Waals surface area contributed by atoms with E-state index in [1.165, 1.54) is 17.4 Å². The first-order valence-corrected chi connectivity index (χ1v) is 11.3. The van der Waals surface area contributed by atoms with Gasteiger partial charge in [-0.15, -0.1) is 11.3 Å². The Balaban J connectivity index is 1.61. The van der Waals surface area contributed by atoms with Gasteiger partial charge in [0.15, 0.2) is 18.1 Å². The van der Waals surface area contributed by atoms with Crippen molar-refractivity contribution in [3.63, 3.8) is 0 Å². The third kappa shape index (κ3) is 5.24. The maximum Gasteiger partial charge on any atom is 0.331 e. The van der Waals surface area contributed by atoms with Crippen LogP contribution in [0.15, 0.2) is 78.3 Å². The molecule has 34 heavy (non-hydrogen) atoms. The van der Waals surface area contributed by atoms with Gasteiger partial charge in [-0.3, -0.25) is 4.79 Å². The van der Waals surface area contributed by atoms with Crippen molar-refractivity contribution >= 4 is 29.2 Å². The fourth-order valence-electron chi connectivity index (χ4n) is 3.28. The molecular formula is C26H22N2O5S. The zero-order valence-electron chi connectivity index (χ0n) is 18.6. The van der Waals surface area contributed by atoms with Crippen molar-refractivity contribution < 1.29 is 23.8 Å². The number of carbonyl (C=O) groups is 2. The van der Waals surface area contributed by atoms with E-state index >= 15 is 0 Å². The Hall–Kier alpha value is -4.17. The number of carbonyl (C=O) groups excluding carboxylic acids is 2.